The van der Waals surface area contributed by atoms with Crippen LogP contribution in [0.25, 0.3) is 10.9 Å². The maximum atomic E-state index is 12.0. The van der Waals surface area contributed by atoms with Gasteiger partial charge in [-0.15, -0.1) is 0 Å². The molecule has 0 saturated carbocycles. The number of fused-ring (bicyclic) bond motifs is 1. The molecule has 0 spiro atoms. The highest BCUT2D eigenvalue weighted by Crippen LogP contribution is 2.17. The van der Waals surface area contributed by atoms with E-state index in [9.17, 15) is 4.79 Å². The summed E-state index contributed by atoms with van der Waals surface area (Å²) in [7, 11) is 0. The van der Waals surface area contributed by atoms with E-state index in [1.807, 2.05) is 6.07 Å². The van der Waals surface area contributed by atoms with Crippen molar-refractivity contribution in [2.45, 2.75) is 90.4 Å². The predicted octanol–water partition coefficient (Wildman–Crippen LogP) is 7.64. The van der Waals surface area contributed by atoms with Gasteiger partial charge in [0, 0.05) is 30.1 Å². The molecule has 2 rings (SSSR count). The number of nitrogens with one attached hydrogen (secondary N) is 2. The minimum atomic E-state index is 0.186. The number of allylic oxidation sites excluding steroid dienone is 4. The monoisotopic (exact) mass is 422 g/mol. The molecule has 2 aromatic rings. The molecular formula is C28H42N2O. The highest BCUT2D eigenvalue weighted by Gasteiger charge is 2.04. The number of rotatable bonds is 17. The van der Waals surface area contributed by atoms with Crippen LogP contribution in [-0.4, -0.2) is 17.4 Å². The fourth-order valence-electron chi connectivity index (χ4n) is 3.86. The second-order valence-corrected chi connectivity index (χ2v) is 8.44. The van der Waals surface area contributed by atoms with E-state index in [0.717, 1.165) is 31.2 Å². The summed E-state index contributed by atoms with van der Waals surface area (Å²) >= 11 is 0. The molecule has 1 heterocycles. The number of carbonyl (C=O) groups excluding carboxylic acids is 1. The Balaban J connectivity index is 1.39. The zero-order valence-corrected chi connectivity index (χ0v) is 19.5. The van der Waals surface area contributed by atoms with Crippen molar-refractivity contribution in [3.8, 4) is 0 Å². The van der Waals surface area contributed by atoms with E-state index in [4.69, 9.17) is 0 Å². The van der Waals surface area contributed by atoms with E-state index >= 15 is 0 Å². The summed E-state index contributed by atoms with van der Waals surface area (Å²) < 4.78 is 0. The molecule has 1 aromatic carbocycles. The number of carbonyl (C=O) groups is 1. The van der Waals surface area contributed by atoms with Crippen molar-refractivity contribution < 1.29 is 4.79 Å². The Morgan fingerprint density at radius 3 is 2.42 bits per heavy atom. The van der Waals surface area contributed by atoms with Crippen LogP contribution in [0.15, 0.2) is 54.8 Å². The number of hydrogen-bond donors (Lipinski definition) is 2. The van der Waals surface area contributed by atoms with Crippen LogP contribution in [0.2, 0.25) is 0 Å². The van der Waals surface area contributed by atoms with Gasteiger partial charge >= 0.3 is 0 Å². The maximum absolute atomic E-state index is 12.0. The Morgan fingerprint density at radius 1 is 0.903 bits per heavy atom. The first-order valence-corrected chi connectivity index (χ1v) is 12.4. The first-order chi connectivity index (χ1) is 15.3. The van der Waals surface area contributed by atoms with Gasteiger partial charge in [-0.05, 0) is 56.6 Å². The summed E-state index contributed by atoms with van der Waals surface area (Å²) in [5.41, 5.74) is 2.43. The molecule has 0 radical (unpaired) electrons. The largest absolute Gasteiger partial charge is 0.361 e. The van der Waals surface area contributed by atoms with Crippen LogP contribution < -0.4 is 5.32 Å². The van der Waals surface area contributed by atoms with Crippen molar-refractivity contribution in [1.82, 2.24) is 10.3 Å². The highest BCUT2D eigenvalue weighted by molar-refractivity contribution is 5.83. The van der Waals surface area contributed by atoms with E-state index in [2.05, 4.69) is 65.9 Å². The topological polar surface area (TPSA) is 44.9 Å². The smallest absolute Gasteiger partial charge is 0.220 e. The molecule has 170 valence electrons. The summed E-state index contributed by atoms with van der Waals surface area (Å²) in [6, 6.07) is 8.31. The Labute approximate surface area is 189 Å². The lowest BCUT2D eigenvalue weighted by molar-refractivity contribution is -0.121. The van der Waals surface area contributed by atoms with Crippen molar-refractivity contribution >= 4 is 16.8 Å². The number of para-hydroxylation sites is 1. The molecule has 0 aliphatic carbocycles. The number of benzene rings is 1. The van der Waals surface area contributed by atoms with Crippen LogP contribution >= 0.6 is 0 Å². The fraction of sp³-hybridized carbons (Fsp3) is 0.536. The van der Waals surface area contributed by atoms with E-state index in [1.165, 1.54) is 62.3 Å². The molecule has 2 N–H and O–H groups in total. The van der Waals surface area contributed by atoms with E-state index in [1.54, 1.807) is 0 Å². The standard InChI is InChI=1S/C28H42N2O/c1-2-3-4-5-6-7-8-9-10-11-12-13-14-15-16-21-28(31)29-23-22-25-24-30-27-20-18-17-19-26(25)27/h6-7,9-10,17-20,24,30H,2-5,8,11-16,21-23H2,1H3,(H,29,31)/b7-6-,10-9-. The van der Waals surface area contributed by atoms with Gasteiger partial charge in [-0.2, -0.15) is 0 Å². The van der Waals surface area contributed by atoms with E-state index < -0.39 is 0 Å². The zero-order chi connectivity index (χ0) is 22.0. The average Bonchev–Trinajstić information content (AvgIpc) is 3.19. The molecule has 3 heteroatoms. The highest BCUT2D eigenvalue weighted by atomic mass is 16.1. The Bertz CT molecular complexity index is 787. The van der Waals surface area contributed by atoms with Gasteiger partial charge in [0.1, 0.15) is 0 Å². The van der Waals surface area contributed by atoms with Crippen molar-refractivity contribution in [2.24, 2.45) is 0 Å². The van der Waals surface area contributed by atoms with Crippen LogP contribution in [0, 0.1) is 0 Å². The molecule has 1 amide bonds. The normalized spacial score (nSPS) is 11.8. The SMILES string of the molecule is CCCCC/C=C\C/C=C\CCCCCCCC(=O)NCCc1c[nH]c2ccccc12. The van der Waals surface area contributed by atoms with Gasteiger partial charge in [-0.1, -0.05) is 81.5 Å². The lowest BCUT2D eigenvalue weighted by atomic mass is 10.1. The molecule has 0 unspecified atom stereocenters. The summed E-state index contributed by atoms with van der Waals surface area (Å²) in [5, 5.41) is 4.32. The first-order valence-electron chi connectivity index (χ1n) is 12.4. The second-order valence-electron chi connectivity index (χ2n) is 8.44. The molecule has 0 saturated heterocycles. The Kier molecular flexibility index (Phi) is 13.2. The number of hydrogen-bond acceptors (Lipinski definition) is 1. The first kappa shape index (κ1) is 25.0. The van der Waals surface area contributed by atoms with E-state index in [0.29, 0.717) is 13.0 Å². The molecule has 0 aliphatic rings. The van der Waals surface area contributed by atoms with Gasteiger partial charge in [0.2, 0.25) is 5.91 Å². The van der Waals surface area contributed by atoms with Crippen molar-refractivity contribution in [1.29, 1.82) is 0 Å². The number of aromatic nitrogens is 1. The lowest BCUT2D eigenvalue weighted by Gasteiger charge is -2.05. The number of amides is 1. The average molecular weight is 423 g/mol. The fourth-order valence-corrected chi connectivity index (χ4v) is 3.86. The predicted molar refractivity (Wildman–Crippen MR) is 134 cm³/mol. The summed E-state index contributed by atoms with van der Waals surface area (Å²) in [6.07, 6.45) is 26.1. The molecular weight excluding hydrogens is 380 g/mol. The zero-order valence-electron chi connectivity index (χ0n) is 19.5. The third kappa shape index (κ3) is 11.1. The Morgan fingerprint density at radius 2 is 1.61 bits per heavy atom. The van der Waals surface area contributed by atoms with Gasteiger partial charge in [0.15, 0.2) is 0 Å². The molecule has 3 nitrogen and oxygen atoms in total. The van der Waals surface area contributed by atoms with Crippen LogP contribution in [0.3, 0.4) is 0 Å². The number of unbranched alkanes of at least 4 members (excludes halogenated alkanes) is 8. The maximum Gasteiger partial charge on any atom is 0.220 e. The van der Waals surface area contributed by atoms with E-state index in [-0.39, 0.29) is 5.91 Å². The second kappa shape index (κ2) is 16.4. The molecule has 31 heavy (non-hydrogen) atoms. The van der Waals surface area contributed by atoms with Crippen LogP contribution in [0.4, 0.5) is 0 Å². The van der Waals surface area contributed by atoms with Gasteiger partial charge < -0.3 is 10.3 Å². The van der Waals surface area contributed by atoms with Crippen molar-refractivity contribution in [3.63, 3.8) is 0 Å². The minimum absolute atomic E-state index is 0.186. The van der Waals surface area contributed by atoms with Gasteiger partial charge in [-0.3, -0.25) is 4.79 Å². The van der Waals surface area contributed by atoms with Crippen LogP contribution in [0.1, 0.15) is 89.5 Å². The Hall–Kier alpha value is -2.29. The minimum Gasteiger partial charge on any atom is -0.361 e. The number of aromatic amines is 1. The summed E-state index contributed by atoms with van der Waals surface area (Å²) in [6.45, 7) is 2.96. The molecule has 0 bridgehead atoms. The lowest BCUT2D eigenvalue weighted by Crippen LogP contribution is -2.25. The van der Waals surface area contributed by atoms with Gasteiger partial charge in [0.05, 0.1) is 0 Å². The molecule has 0 aliphatic heterocycles. The number of H-pyrrole nitrogens is 1. The van der Waals surface area contributed by atoms with Gasteiger partial charge in [0.25, 0.3) is 0 Å². The van der Waals surface area contributed by atoms with Gasteiger partial charge in [-0.25, -0.2) is 0 Å². The van der Waals surface area contributed by atoms with Crippen LogP contribution in [0.5, 0.6) is 0 Å². The van der Waals surface area contributed by atoms with Crippen molar-refractivity contribution in [2.75, 3.05) is 6.54 Å². The quantitative estimate of drug-likeness (QED) is 0.200. The van der Waals surface area contributed by atoms with Crippen LogP contribution in [-0.2, 0) is 11.2 Å². The van der Waals surface area contributed by atoms with Crippen molar-refractivity contribution in [3.05, 3.63) is 60.3 Å². The molecule has 0 fully saturated rings. The molecule has 1 aromatic heterocycles. The summed E-state index contributed by atoms with van der Waals surface area (Å²) in [5.74, 6) is 0.186. The third-order valence-corrected chi connectivity index (χ3v) is 5.75. The molecule has 0 atom stereocenters. The summed E-state index contributed by atoms with van der Waals surface area (Å²) in [4.78, 5) is 15.3. The third-order valence-electron chi connectivity index (χ3n) is 5.75.